The zero-order valence-corrected chi connectivity index (χ0v) is 13.2. The second kappa shape index (κ2) is 8.18. The van der Waals surface area contributed by atoms with E-state index in [0.29, 0.717) is 11.5 Å². The van der Waals surface area contributed by atoms with E-state index >= 15 is 0 Å². The Kier molecular flexibility index (Phi) is 6.90. The van der Waals surface area contributed by atoms with Crippen LogP contribution in [0.1, 0.15) is 0 Å². The number of thioether (sulfide) groups is 1. The molecule has 3 heterocycles. The van der Waals surface area contributed by atoms with E-state index in [1.54, 1.807) is 41.1 Å². The maximum atomic E-state index is 11.9. The molecule has 1 fully saturated rings. The Hall–Kier alpha value is -1.35. The Bertz CT molecular complexity index is 559. The van der Waals surface area contributed by atoms with Crippen LogP contribution in [-0.4, -0.2) is 43.3 Å². The molecule has 1 aliphatic rings. The van der Waals surface area contributed by atoms with Gasteiger partial charge >= 0.3 is 0 Å². The van der Waals surface area contributed by atoms with Gasteiger partial charge in [-0.1, -0.05) is 0 Å². The van der Waals surface area contributed by atoms with E-state index in [0.717, 1.165) is 11.6 Å². The van der Waals surface area contributed by atoms with Gasteiger partial charge < -0.3 is 5.32 Å². The number of hydrogen-bond donors (Lipinski definition) is 2. The third kappa shape index (κ3) is 4.31. The summed E-state index contributed by atoms with van der Waals surface area (Å²) in [5, 5.41) is 9.94. The van der Waals surface area contributed by atoms with Crippen molar-refractivity contribution in [2.24, 2.45) is 0 Å². The molecule has 1 aliphatic heterocycles. The SMILES string of the molecule is Cl.Cl.O=C(Nc1ccc(-n2cncn2)nc1)C1CSCN1. The fourth-order valence-corrected chi connectivity index (χ4v) is 2.66. The van der Waals surface area contributed by atoms with Crippen LogP contribution in [0.25, 0.3) is 5.82 Å². The van der Waals surface area contributed by atoms with Crippen LogP contribution in [-0.2, 0) is 4.79 Å². The molecule has 1 saturated heterocycles. The van der Waals surface area contributed by atoms with Gasteiger partial charge in [0, 0.05) is 11.6 Å². The summed E-state index contributed by atoms with van der Waals surface area (Å²) in [6.45, 7) is 0. The summed E-state index contributed by atoms with van der Waals surface area (Å²) in [5.74, 6) is 2.25. The second-order valence-electron chi connectivity index (χ2n) is 4.01. The topological polar surface area (TPSA) is 84.7 Å². The van der Waals surface area contributed by atoms with Crippen molar-refractivity contribution in [3.05, 3.63) is 31.0 Å². The van der Waals surface area contributed by atoms with Gasteiger partial charge in [0.05, 0.1) is 17.9 Å². The maximum Gasteiger partial charge on any atom is 0.242 e. The summed E-state index contributed by atoms with van der Waals surface area (Å²) in [4.78, 5) is 20.0. The average molecular weight is 349 g/mol. The number of anilines is 1. The van der Waals surface area contributed by atoms with Gasteiger partial charge in [0.1, 0.15) is 12.7 Å². The molecule has 0 spiro atoms. The molecule has 114 valence electrons. The monoisotopic (exact) mass is 348 g/mol. The smallest absolute Gasteiger partial charge is 0.242 e. The highest BCUT2D eigenvalue weighted by Crippen LogP contribution is 2.13. The quantitative estimate of drug-likeness (QED) is 0.864. The number of pyridine rings is 1. The number of aromatic nitrogens is 4. The number of nitrogens with zero attached hydrogens (tertiary/aromatic N) is 4. The van der Waals surface area contributed by atoms with Crippen molar-refractivity contribution in [3.63, 3.8) is 0 Å². The summed E-state index contributed by atoms with van der Waals surface area (Å²) in [7, 11) is 0. The number of halogens is 2. The predicted molar refractivity (Wildman–Crippen MR) is 86.5 cm³/mol. The average Bonchev–Trinajstić information content (AvgIpc) is 3.13. The zero-order chi connectivity index (χ0) is 13.1. The molecule has 2 aromatic rings. The van der Waals surface area contributed by atoms with Gasteiger partial charge in [-0.3, -0.25) is 10.1 Å². The van der Waals surface area contributed by atoms with Crippen LogP contribution in [0.15, 0.2) is 31.0 Å². The molecule has 0 radical (unpaired) electrons. The van der Waals surface area contributed by atoms with Gasteiger partial charge in [-0.05, 0) is 12.1 Å². The molecule has 0 aromatic carbocycles. The largest absolute Gasteiger partial charge is 0.323 e. The minimum atomic E-state index is -0.125. The number of amides is 1. The number of hydrogen-bond acceptors (Lipinski definition) is 6. The van der Waals surface area contributed by atoms with Crippen LogP contribution >= 0.6 is 36.6 Å². The van der Waals surface area contributed by atoms with Crippen molar-refractivity contribution < 1.29 is 4.79 Å². The zero-order valence-electron chi connectivity index (χ0n) is 10.8. The molecule has 7 nitrogen and oxygen atoms in total. The van der Waals surface area contributed by atoms with Crippen LogP contribution in [0.3, 0.4) is 0 Å². The lowest BCUT2D eigenvalue weighted by atomic mass is 10.3. The Labute approximate surface area is 138 Å². The Balaban J connectivity index is 0.00000110. The predicted octanol–water partition coefficient (Wildman–Crippen LogP) is 1.11. The third-order valence-corrected chi connectivity index (χ3v) is 3.64. The molecule has 1 unspecified atom stereocenters. The molecular weight excluding hydrogens is 335 g/mol. The van der Waals surface area contributed by atoms with E-state index in [2.05, 4.69) is 25.7 Å². The maximum absolute atomic E-state index is 11.9. The molecular formula is C11H14Cl2N6OS. The van der Waals surface area contributed by atoms with Crippen molar-refractivity contribution >= 4 is 48.2 Å². The van der Waals surface area contributed by atoms with Gasteiger partial charge in [-0.15, -0.1) is 36.6 Å². The normalized spacial score (nSPS) is 16.7. The van der Waals surface area contributed by atoms with Crippen molar-refractivity contribution in [3.8, 4) is 5.82 Å². The molecule has 21 heavy (non-hydrogen) atoms. The fraction of sp³-hybridized carbons (Fsp3) is 0.273. The lowest BCUT2D eigenvalue weighted by molar-refractivity contribution is -0.117. The first-order chi connectivity index (χ1) is 9.33. The Morgan fingerprint density at radius 3 is 2.86 bits per heavy atom. The molecule has 0 aliphatic carbocycles. The minimum Gasteiger partial charge on any atom is -0.323 e. The van der Waals surface area contributed by atoms with E-state index in [-0.39, 0.29) is 36.8 Å². The second-order valence-corrected chi connectivity index (χ2v) is 5.04. The van der Waals surface area contributed by atoms with Crippen LogP contribution in [0.2, 0.25) is 0 Å². The van der Waals surface area contributed by atoms with Crippen molar-refractivity contribution in [1.82, 2.24) is 25.1 Å². The fourth-order valence-electron chi connectivity index (χ4n) is 1.72. The van der Waals surface area contributed by atoms with Crippen LogP contribution in [0, 0.1) is 0 Å². The van der Waals surface area contributed by atoms with Crippen molar-refractivity contribution in [2.75, 3.05) is 16.9 Å². The van der Waals surface area contributed by atoms with Gasteiger partial charge in [0.2, 0.25) is 5.91 Å². The lowest BCUT2D eigenvalue weighted by Gasteiger charge is -2.10. The standard InChI is InChI=1S/C11H12N6OS.2ClH/c18-11(9-4-19-7-14-9)16-8-1-2-10(13-3-8)17-6-12-5-15-17;;/h1-3,5-6,9,14H,4,7H2,(H,16,18);2*1H. The van der Waals surface area contributed by atoms with E-state index in [4.69, 9.17) is 0 Å². The summed E-state index contributed by atoms with van der Waals surface area (Å²) in [6.07, 6.45) is 4.62. The lowest BCUT2D eigenvalue weighted by Crippen LogP contribution is -2.37. The molecule has 1 amide bonds. The first-order valence-electron chi connectivity index (χ1n) is 5.76. The Morgan fingerprint density at radius 2 is 2.29 bits per heavy atom. The van der Waals surface area contributed by atoms with Crippen molar-refractivity contribution in [1.29, 1.82) is 0 Å². The minimum absolute atomic E-state index is 0. The highest BCUT2D eigenvalue weighted by atomic mass is 35.5. The highest BCUT2D eigenvalue weighted by molar-refractivity contribution is 7.99. The summed E-state index contributed by atoms with van der Waals surface area (Å²) >= 11 is 1.72. The number of carbonyl (C=O) groups excluding carboxylic acids is 1. The first kappa shape index (κ1) is 17.7. The number of nitrogens with one attached hydrogen (secondary N) is 2. The summed E-state index contributed by atoms with van der Waals surface area (Å²) in [6, 6.07) is 3.45. The van der Waals surface area contributed by atoms with E-state index in [1.807, 2.05) is 0 Å². The molecule has 3 rings (SSSR count). The summed E-state index contributed by atoms with van der Waals surface area (Å²) in [5.41, 5.74) is 0.674. The number of rotatable bonds is 3. The Morgan fingerprint density at radius 1 is 1.43 bits per heavy atom. The molecule has 1 atom stereocenters. The highest BCUT2D eigenvalue weighted by Gasteiger charge is 2.22. The van der Waals surface area contributed by atoms with Gasteiger partial charge in [-0.25, -0.2) is 14.6 Å². The van der Waals surface area contributed by atoms with Crippen LogP contribution < -0.4 is 10.6 Å². The van der Waals surface area contributed by atoms with Gasteiger partial charge in [-0.2, -0.15) is 5.10 Å². The van der Waals surface area contributed by atoms with Crippen LogP contribution in [0.5, 0.6) is 0 Å². The first-order valence-corrected chi connectivity index (χ1v) is 6.91. The number of carbonyl (C=O) groups is 1. The third-order valence-electron chi connectivity index (χ3n) is 2.70. The van der Waals surface area contributed by atoms with E-state index in [9.17, 15) is 4.79 Å². The van der Waals surface area contributed by atoms with Gasteiger partial charge in [0.15, 0.2) is 5.82 Å². The van der Waals surface area contributed by atoms with Crippen LogP contribution in [0.4, 0.5) is 5.69 Å². The summed E-state index contributed by atoms with van der Waals surface area (Å²) < 4.78 is 1.56. The molecule has 2 aromatic heterocycles. The van der Waals surface area contributed by atoms with Gasteiger partial charge in [0.25, 0.3) is 0 Å². The van der Waals surface area contributed by atoms with E-state index < -0.39 is 0 Å². The van der Waals surface area contributed by atoms with Crippen molar-refractivity contribution in [2.45, 2.75) is 6.04 Å². The molecule has 0 saturated carbocycles. The van der Waals surface area contributed by atoms with E-state index in [1.165, 1.54) is 6.33 Å². The molecule has 2 N–H and O–H groups in total. The molecule has 10 heteroatoms. The molecule has 0 bridgehead atoms.